The van der Waals surface area contributed by atoms with E-state index < -0.39 is 0 Å². The molecule has 2 atom stereocenters. The molecule has 1 aromatic carbocycles. The van der Waals surface area contributed by atoms with Crippen molar-refractivity contribution in [2.24, 2.45) is 0 Å². The highest BCUT2D eigenvalue weighted by Gasteiger charge is 2.11. The van der Waals surface area contributed by atoms with Crippen LogP contribution in [0.3, 0.4) is 0 Å². The number of rotatable bonds is 4. The largest absolute Gasteiger partial charge is 0.302 e. The van der Waals surface area contributed by atoms with Crippen molar-refractivity contribution in [1.82, 2.24) is 15.5 Å². The van der Waals surface area contributed by atoms with E-state index in [0.717, 1.165) is 5.69 Å². The molecule has 3 nitrogen and oxygen atoms in total. The maximum Gasteiger partial charge on any atom is 0.0518 e. The molecule has 0 aliphatic heterocycles. The van der Waals surface area contributed by atoms with E-state index >= 15 is 0 Å². The number of hydrogen-bond acceptors (Lipinski definition) is 2. The fourth-order valence-electron chi connectivity index (χ4n) is 1.81. The van der Waals surface area contributed by atoms with Gasteiger partial charge in [-0.25, -0.2) is 0 Å². The molecule has 0 aliphatic rings. The molecule has 1 aromatic heterocycles. The second-order valence-electron chi connectivity index (χ2n) is 4.03. The number of nitrogens with one attached hydrogen (secondary N) is 2. The Hall–Kier alpha value is -1.61. The van der Waals surface area contributed by atoms with Gasteiger partial charge in [-0.15, -0.1) is 0 Å². The fraction of sp³-hybridized carbons (Fsp3) is 0.308. The Morgan fingerprint density at radius 2 is 1.81 bits per heavy atom. The van der Waals surface area contributed by atoms with Gasteiger partial charge in [-0.1, -0.05) is 30.3 Å². The van der Waals surface area contributed by atoms with Crippen LogP contribution in [0, 0.1) is 0 Å². The number of nitrogens with zero attached hydrogens (tertiary/aromatic N) is 1. The van der Waals surface area contributed by atoms with Gasteiger partial charge in [0.2, 0.25) is 0 Å². The standard InChI is InChI=1S/C13H17N3/c1-10(12-6-4-3-5-7-12)15-11(2)13-8-9-14-16-13/h3-11,15H,1-2H3,(H,14,16). The topological polar surface area (TPSA) is 40.7 Å². The van der Waals surface area contributed by atoms with Gasteiger partial charge in [0.25, 0.3) is 0 Å². The Morgan fingerprint density at radius 1 is 1.06 bits per heavy atom. The summed E-state index contributed by atoms with van der Waals surface area (Å²) >= 11 is 0. The summed E-state index contributed by atoms with van der Waals surface area (Å²) in [6.45, 7) is 4.30. The number of hydrogen-bond donors (Lipinski definition) is 2. The molecule has 2 unspecified atom stereocenters. The molecular weight excluding hydrogens is 198 g/mol. The number of H-pyrrole nitrogens is 1. The van der Waals surface area contributed by atoms with Gasteiger partial charge >= 0.3 is 0 Å². The average molecular weight is 215 g/mol. The smallest absolute Gasteiger partial charge is 0.0518 e. The first-order valence-corrected chi connectivity index (χ1v) is 5.57. The molecule has 3 heteroatoms. The summed E-state index contributed by atoms with van der Waals surface area (Å²) in [5.41, 5.74) is 2.41. The molecule has 0 bridgehead atoms. The molecular formula is C13H17N3. The van der Waals surface area contributed by atoms with Crippen LogP contribution in [-0.2, 0) is 0 Å². The molecule has 1 heterocycles. The maximum atomic E-state index is 3.96. The third-order valence-corrected chi connectivity index (χ3v) is 2.79. The minimum absolute atomic E-state index is 0.276. The summed E-state index contributed by atoms with van der Waals surface area (Å²) in [7, 11) is 0. The Labute approximate surface area is 95.9 Å². The van der Waals surface area contributed by atoms with Crippen LogP contribution in [0.15, 0.2) is 42.6 Å². The van der Waals surface area contributed by atoms with Crippen LogP contribution >= 0.6 is 0 Å². The van der Waals surface area contributed by atoms with Crippen molar-refractivity contribution in [1.29, 1.82) is 0 Å². The van der Waals surface area contributed by atoms with Crippen LogP contribution < -0.4 is 5.32 Å². The lowest BCUT2D eigenvalue weighted by atomic mass is 10.1. The summed E-state index contributed by atoms with van der Waals surface area (Å²) in [5.74, 6) is 0. The summed E-state index contributed by atoms with van der Waals surface area (Å²) in [5, 5.41) is 10.5. The Morgan fingerprint density at radius 3 is 2.44 bits per heavy atom. The Balaban J connectivity index is 2.00. The molecule has 0 amide bonds. The summed E-state index contributed by atoms with van der Waals surface area (Å²) in [6, 6.07) is 13.0. The molecule has 2 aromatic rings. The highest BCUT2D eigenvalue weighted by atomic mass is 15.1. The lowest BCUT2D eigenvalue weighted by Crippen LogP contribution is -2.22. The van der Waals surface area contributed by atoms with E-state index in [1.807, 2.05) is 12.1 Å². The van der Waals surface area contributed by atoms with Gasteiger partial charge in [-0.3, -0.25) is 5.10 Å². The van der Waals surface area contributed by atoms with E-state index in [-0.39, 0.29) is 6.04 Å². The monoisotopic (exact) mass is 215 g/mol. The van der Waals surface area contributed by atoms with Crippen LogP contribution in [-0.4, -0.2) is 10.2 Å². The number of benzene rings is 1. The van der Waals surface area contributed by atoms with Gasteiger partial charge in [0, 0.05) is 18.3 Å². The molecule has 0 spiro atoms. The SMILES string of the molecule is CC(NC(C)c1ccn[nH]1)c1ccccc1. The van der Waals surface area contributed by atoms with Crippen molar-refractivity contribution >= 4 is 0 Å². The predicted octanol–water partition coefficient (Wildman–Crippen LogP) is 2.82. The van der Waals surface area contributed by atoms with E-state index in [4.69, 9.17) is 0 Å². The fourth-order valence-corrected chi connectivity index (χ4v) is 1.81. The van der Waals surface area contributed by atoms with Crippen LogP contribution in [0.1, 0.15) is 37.2 Å². The van der Waals surface area contributed by atoms with Gasteiger partial charge in [0.15, 0.2) is 0 Å². The number of aromatic amines is 1. The van der Waals surface area contributed by atoms with Crippen molar-refractivity contribution in [3.05, 3.63) is 53.9 Å². The van der Waals surface area contributed by atoms with Crippen LogP contribution in [0.2, 0.25) is 0 Å². The first-order chi connectivity index (χ1) is 7.77. The lowest BCUT2D eigenvalue weighted by Gasteiger charge is -2.19. The van der Waals surface area contributed by atoms with Crippen molar-refractivity contribution in [3.63, 3.8) is 0 Å². The highest BCUT2D eigenvalue weighted by Crippen LogP contribution is 2.17. The zero-order chi connectivity index (χ0) is 11.4. The van der Waals surface area contributed by atoms with Crippen molar-refractivity contribution in [2.45, 2.75) is 25.9 Å². The third kappa shape index (κ3) is 2.49. The van der Waals surface area contributed by atoms with Crippen molar-refractivity contribution in [2.75, 3.05) is 0 Å². The highest BCUT2D eigenvalue weighted by molar-refractivity contribution is 5.18. The van der Waals surface area contributed by atoms with Crippen molar-refractivity contribution < 1.29 is 0 Å². The molecule has 84 valence electrons. The molecule has 16 heavy (non-hydrogen) atoms. The van der Waals surface area contributed by atoms with E-state index in [1.165, 1.54) is 5.56 Å². The minimum atomic E-state index is 0.276. The Bertz CT molecular complexity index is 408. The molecule has 2 rings (SSSR count). The van der Waals surface area contributed by atoms with Crippen molar-refractivity contribution in [3.8, 4) is 0 Å². The maximum absolute atomic E-state index is 3.96. The van der Waals surface area contributed by atoms with Gasteiger partial charge in [0.1, 0.15) is 0 Å². The lowest BCUT2D eigenvalue weighted by molar-refractivity contribution is 0.486. The minimum Gasteiger partial charge on any atom is -0.302 e. The number of aromatic nitrogens is 2. The molecule has 0 aliphatic carbocycles. The zero-order valence-corrected chi connectivity index (χ0v) is 9.64. The van der Waals surface area contributed by atoms with Gasteiger partial charge in [-0.05, 0) is 25.5 Å². The average Bonchev–Trinajstić information content (AvgIpc) is 2.83. The normalized spacial score (nSPS) is 14.6. The summed E-state index contributed by atoms with van der Waals surface area (Å²) in [4.78, 5) is 0. The van der Waals surface area contributed by atoms with E-state index in [0.29, 0.717) is 6.04 Å². The van der Waals surface area contributed by atoms with Gasteiger partial charge in [0.05, 0.1) is 5.69 Å². The molecule has 0 radical (unpaired) electrons. The first kappa shape index (κ1) is 10.9. The quantitative estimate of drug-likeness (QED) is 0.823. The van der Waals surface area contributed by atoms with Crippen LogP contribution in [0.25, 0.3) is 0 Å². The van der Waals surface area contributed by atoms with E-state index in [9.17, 15) is 0 Å². The predicted molar refractivity (Wildman–Crippen MR) is 65.0 cm³/mol. The first-order valence-electron chi connectivity index (χ1n) is 5.57. The molecule has 2 N–H and O–H groups in total. The summed E-state index contributed by atoms with van der Waals surface area (Å²) in [6.07, 6.45) is 1.78. The van der Waals surface area contributed by atoms with E-state index in [2.05, 4.69) is 53.6 Å². The second-order valence-corrected chi connectivity index (χ2v) is 4.03. The third-order valence-electron chi connectivity index (χ3n) is 2.79. The Kier molecular flexibility index (Phi) is 3.37. The molecule has 0 saturated carbocycles. The van der Waals surface area contributed by atoms with Gasteiger partial charge in [-0.2, -0.15) is 5.10 Å². The second kappa shape index (κ2) is 4.94. The molecule has 0 saturated heterocycles. The van der Waals surface area contributed by atoms with Crippen LogP contribution in [0.5, 0.6) is 0 Å². The molecule has 0 fully saturated rings. The van der Waals surface area contributed by atoms with E-state index in [1.54, 1.807) is 6.20 Å². The van der Waals surface area contributed by atoms with Crippen LogP contribution in [0.4, 0.5) is 0 Å². The summed E-state index contributed by atoms with van der Waals surface area (Å²) < 4.78 is 0. The zero-order valence-electron chi connectivity index (χ0n) is 9.64. The van der Waals surface area contributed by atoms with Gasteiger partial charge < -0.3 is 5.32 Å².